The maximum absolute atomic E-state index is 9.66. The fourth-order valence-corrected chi connectivity index (χ4v) is 2.13. The van der Waals surface area contributed by atoms with Crippen LogP contribution in [0.4, 0.5) is 5.69 Å². The zero-order valence-electron chi connectivity index (χ0n) is 9.69. The van der Waals surface area contributed by atoms with E-state index in [9.17, 15) is 15.3 Å². The summed E-state index contributed by atoms with van der Waals surface area (Å²) in [6.07, 6.45) is 0. The molecule has 0 heterocycles. The van der Waals surface area contributed by atoms with Crippen molar-refractivity contribution >= 4 is 28.9 Å². The molecule has 0 aliphatic heterocycles. The molecule has 100 valence electrons. The van der Waals surface area contributed by atoms with Crippen LogP contribution in [0.3, 0.4) is 0 Å². The van der Waals surface area contributed by atoms with Crippen molar-refractivity contribution in [2.45, 2.75) is 6.54 Å². The second-order valence-electron chi connectivity index (χ2n) is 3.95. The van der Waals surface area contributed by atoms with Crippen molar-refractivity contribution in [2.24, 2.45) is 0 Å². The molecular formula is C13H11Cl2NO3. The third-order valence-corrected chi connectivity index (χ3v) is 3.00. The molecule has 4 N–H and O–H groups in total. The topological polar surface area (TPSA) is 72.7 Å². The van der Waals surface area contributed by atoms with Crippen LogP contribution in [0.15, 0.2) is 30.3 Å². The highest BCUT2D eigenvalue weighted by atomic mass is 35.5. The zero-order valence-corrected chi connectivity index (χ0v) is 11.2. The Kier molecular flexibility index (Phi) is 3.93. The Balaban J connectivity index is 2.17. The minimum atomic E-state index is -0.538. The standard InChI is InChI=1S/C13H11Cl2NO3/c14-8-3-9(15)5-10(4-8)16-6-7-1-2-11(17)13(19)12(7)18/h1-5,16-19H,6H2. The molecule has 0 saturated carbocycles. The Labute approximate surface area is 119 Å². The van der Waals surface area contributed by atoms with E-state index in [1.165, 1.54) is 12.1 Å². The van der Waals surface area contributed by atoms with E-state index in [2.05, 4.69) is 5.32 Å². The van der Waals surface area contributed by atoms with Gasteiger partial charge in [-0.1, -0.05) is 23.2 Å². The maximum atomic E-state index is 9.66. The number of hydrogen-bond donors (Lipinski definition) is 4. The van der Waals surface area contributed by atoms with Crippen molar-refractivity contribution in [3.05, 3.63) is 45.9 Å². The molecule has 4 nitrogen and oxygen atoms in total. The van der Waals surface area contributed by atoms with Crippen molar-refractivity contribution in [3.63, 3.8) is 0 Å². The monoisotopic (exact) mass is 299 g/mol. The molecule has 0 aromatic heterocycles. The summed E-state index contributed by atoms with van der Waals surface area (Å²) in [5, 5.41) is 32.3. The smallest absolute Gasteiger partial charge is 0.200 e. The summed E-state index contributed by atoms with van der Waals surface area (Å²) in [6.45, 7) is 0.246. The van der Waals surface area contributed by atoms with Crippen LogP contribution in [0, 0.1) is 0 Å². The van der Waals surface area contributed by atoms with Gasteiger partial charge in [-0.2, -0.15) is 0 Å². The molecule has 2 aromatic carbocycles. The van der Waals surface area contributed by atoms with E-state index >= 15 is 0 Å². The van der Waals surface area contributed by atoms with Crippen LogP contribution < -0.4 is 5.32 Å². The van der Waals surface area contributed by atoms with E-state index in [0.29, 0.717) is 21.3 Å². The largest absolute Gasteiger partial charge is 0.504 e. The highest BCUT2D eigenvalue weighted by molar-refractivity contribution is 6.35. The number of anilines is 1. The average molecular weight is 300 g/mol. The first-order valence-corrected chi connectivity index (χ1v) is 6.15. The Hall–Kier alpha value is -1.78. The minimum Gasteiger partial charge on any atom is -0.504 e. The first kappa shape index (κ1) is 13.6. The van der Waals surface area contributed by atoms with Gasteiger partial charge >= 0.3 is 0 Å². The Morgan fingerprint density at radius 3 is 2.16 bits per heavy atom. The van der Waals surface area contributed by atoms with Crippen LogP contribution in [0.5, 0.6) is 17.2 Å². The lowest BCUT2D eigenvalue weighted by atomic mass is 10.1. The summed E-state index contributed by atoms with van der Waals surface area (Å²) >= 11 is 11.7. The van der Waals surface area contributed by atoms with Gasteiger partial charge in [-0.25, -0.2) is 0 Å². The predicted molar refractivity (Wildman–Crippen MR) is 75.2 cm³/mol. The normalized spacial score (nSPS) is 10.4. The Morgan fingerprint density at radius 1 is 0.895 bits per heavy atom. The summed E-state index contributed by atoms with van der Waals surface area (Å²) in [7, 11) is 0. The van der Waals surface area contributed by atoms with Crippen molar-refractivity contribution in [1.82, 2.24) is 0 Å². The number of hydrogen-bond acceptors (Lipinski definition) is 4. The van der Waals surface area contributed by atoms with Crippen molar-refractivity contribution in [3.8, 4) is 17.2 Å². The van der Waals surface area contributed by atoms with Gasteiger partial charge in [0.05, 0.1) is 0 Å². The number of phenolic OH excluding ortho intramolecular Hbond substituents is 3. The molecule has 0 saturated heterocycles. The van der Waals surface area contributed by atoms with Gasteiger partial charge in [0, 0.05) is 27.8 Å². The molecule has 0 amide bonds. The third kappa shape index (κ3) is 3.16. The lowest BCUT2D eigenvalue weighted by molar-refractivity contribution is 0.365. The van der Waals surface area contributed by atoms with Gasteiger partial charge in [0.15, 0.2) is 11.5 Å². The number of halogens is 2. The summed E-state index contributed by atoms with van der Waals surface area (Å²) in [4.78, 5) is 0. The van der Waals surface area contributed by atoms with Crippen molar-refractivity contribution in [2.75, 3.05) is 5.32 Å². The summed E-state index contributed by atoms with van der Waals surface area (Å²) in [5.74, 6) is -1.27. The molecule has 0 aliphatic rings. The number of benzene rings is 2. The first-order chi connectivity index (χ1) is 8.97. The highest BCUT2D eigenvalue weighted by Gasteiger charge is 2.10. The van der Waals surface area contributed by atoms with E-state index in [0.717, 1.165) is 0 Å². The van der Waals surface area contributed by atoms with Crippen LogP contribution in [0.25, 0.3) is 0 Å². The lowest BCUT2D eigenvalue weighted by Gasteiger charge is -2.10. The third-order valence-electron chi connectivity index (χ3n) is 2.56. The minimum absolute atomic E-state index is 0.246. The van der Waals surface area contributed by atoms with E-state index in [-0.39, 0.29) is 18.0 Å². The van der Waals surface area contributed by atoms with Gasteiger partial charge in [0.25, 0.3) is 0 Å². The van der Waals surface area contributed by atoms with Gasteiger partial charge in [-0.3, -0.25) is 0 Å². The van der Waals surface area contributed by atoms with Crippen LogP contribution >= 0.6 is 23.2 Å². The van der Waals surface area contributed by atoms with E-state index in [1.807, 2.05) is 0 Å². The average Bonchev–Trinajstić information content (AvgIpc) is 2.34. The van der Waals surface area contributed by atoms with E-state index in [1.54, 1.807) is 18.2 Å². The van der Waals surface area contributed by atoms with Crippen molar-refractivity contribution in [1.29, 1.82) is 0 Å². The molecule has 0 aliphatic carbocycles. The van der Waals surface area contributed by atoms with Crippen LogP contribution in [0.2, 0.25) is 10.0 Å². The fourth-order valence-electron chi connectivity index (χ4n) is 1.61. The van der Waals surface area contributed by atoms with Crippen LogP contribution in [-0.2, 0) is 6.54 Å². The quantitative estimate of drug-likeness (QED) is 0.652. The molecule has 0 spiro atoms. The number of rotatable bonds is 3. The predicted octanol–water partition coefficient (Wildman–Crippen LogP) is 3.72. The van der Waals surface area contributed by atoms with Crippen molar-refractivity contribution < 1.29 is 15.3 Å². The summed E-state index contributed by atoms with van der Waals surface area (Å²) < 4.78 is 0. The van der Waals surface area contributed by atoms with Crippen LogP contribution in [0.1, 0.15) is 5.56 Å². The first-order valence-electron chi connectivity index (χ1n) is 5.40. The molecule has 0 unspecified atom stereocenters. The lowest BCUT2D eigenvalue weighted by Crippen LogP contribution is -1.99. The Bertz CT molecular complexity index is 597. The molecule has 0 radical (unpaired) electrons. The van der Waals surface area contributed by atoms with Gasteiger partial charge in [0.1, 0.15) is 0 Å². The molecule has 2 aromatic rings. The van der Waals surface area contributed by atoms with Gasteiger partial charge < -0.3 is 20.6 Å². The molecular weight excluding hydrogens is 289 g/mol. The second-order valence-corrected chi connectivity index (χ2v) is 4.83. The van der Waals surface area contributed by atoms with Gasteiger partial charge in [0.2, 0.25) is 5.75 Å². The SMILES string of the molecule is Oc1ccc(CNc2cc(Cl)cc(Cl)c2)c(O)c1O. The van der Waals surface area contributed by atoms with Gasteiger partial charge in [-0.15, -0.1) is 0 Å². The second kappa shape index (κ2) is 5.47. The van der Waals surface area contributed by atoms with Crippen LogP contribution in [-0.4, -0.2) is 15.3 Å². The zero-order chi connectivity index (χ0) is 14.0. The summed E-state index contributed by atoms with van der Waals surface area (Å²) in [5.41, 5.74) is 1.12. The summed E-state index contributed by atoms with van der Waals surface area (Å²) in [6, 6.07) is 7.79. The molecule has 6 heteroatoms. The van der Waals surface area contributed by atoms with E-state index < -0.39 is 5.75 Å². The number of nitrogens with one attached hydrogen (secondary N) is 1. The number of aromatic hydroxyl groups is 3. The molecule has 0 bridgehead atoms. The van der Waals surface area contributed by atoms with Gasteiger partial charge in [-0.05, 0) is 30.3 Å². The molecule has 0 fully saturated rings. The highest BCUT2D eigenvalue weighted by Crippen LogP contribution is 2.37. The maximum Gasteiger partial charge on any atom is 0.200 e. The molecule has 19 heavy (non-hydrogen) atoms. The number of phenols is 3. The Morgan fingerprint density at radius 2 is 1.53 bits per heavy atom. The fraction of sp³-hybridized carbons (Fsp3) is 0.0769. The van der Waals surface area contributed by atoms with E-state index in [4.69, 9.17) is 23.2 Å². The molecule has 0 atom stereocenters. The molecule has 2 rings (SSSR count).